The first-order chi connectivity index (χ1) is 9.28. The molecule has 0 spiro atoms. The van der Waals surface area contributed by atoms with Crippen LogP contribution in [0.2, 0.25) is 0 Å². The molecule has 0 radical (unpaired) electrons. The van der Waals surface area contributed by atoms with Gasteiger partial charge in [-0.1, -0.05) is 24.3 Å². The molecule has 1 N–H and O–H groups in total. The van der Waals surface area contributed by atoms with E-state index in [2.05, 4.69) is 10.1 Å². The lowest BCUT2D eigenvalue weighted by Gasteiger charge is -2.08. The first-order valence-corrected chi connectivity index (χ1v) is 5.91. The molecule has 0 fully saturated rings. The number of nitrogens with one attached hydrogen (secondary N) is 1. The summed E-state index contributed by atoms with van der Waals surface area (Å²) in [5.41, 5.74) is 0.804. The van der Waals surface area contributed by atoms with Gasteiger partial charge in [-0.05, 0) is 24.3 Å². The van der Waals surface area contributed by atoms with Crippen LogP contribution in [0, 0.1) is 0 Å². The van der Waals surface area contributed by atoms with Gasteiger partial charge >= 0.3 is 5.97 Å². The first kappa shape index (κ1) is 13.0. The molecule has 2 rings (SSSR count). The predicted octanol–water partition coefficient (Wildman–Crippen LogP) is 3.06. The molecule has 0 aromatic heterocycles. The van der Waals surface area contributed by atoms with Gasteiger partial charge in [0.25, 0.3) is 0 Å². The maximum atomic E-state index is 11.0. The van der Waals surface area contributed by atoms with Crippen LogP contribution in [0.4, 0.5) is 5.69 Å². The molecule has 0 atom stereocenters. The van der Waals surface area contributed by atoms with Crippen molar-refractivity contribution in [3.05, 3.63) is 54.6 Å². The molecule has 19 heavy (non-hydrogen) atoms. The van der Waals surface area contributed by atoms with Crippen molar-refractivity contribution in [3.63, 3.8) is 0 Å². The van der Waals surface area contributed by atoms with Crippen LogP contribution in [0.25, 0.3) is 0 Å². The number of hydrogen-bond acceptors (Lipinski definition) is 4. The van der Waals surface area contributed by atoms with Crippen molar-refractivity contribution in [2.75, 3.05) is 19.0 Å². The SMILES string of the molecule is COC(=O)CNc1cccc(Oc2ccccc2)c1. The standard InChI is InChI=1S/C15H15NO3/c1-18-15(17)11-16-12-6-5-9-14(10-12)19-13-7-3-2-4-8-13/h2-10,16H,11H2,1H3. The van der Waals surface area contributed by atoms with Gasteiger partial charge in [0, 0.05) is 11.8 Å². The highest BCUT2D eigenvalue weighted by atomic mass is 16.5. The van der Waals surface area contributed by atoms with Gasteiger partial charge < -0.3 is 14.8 Å². The number of anilines is 1. The molecule has 0 saturated carbocycles. The van der Waals surface area contributed by atoms with Crippen LogP contribution in [-0.4, -0.2) is 19.6 Å². The third-order valence-electron chi connectivity index (χ3n) is 2.48. The fourth-order valence-electron chi connectivity index (χ4n) is 1.54. The van der Waals surface area contributed by atoms with E-state index >= 15 is 0 Å². The van der Waals surface area contributed by atoms with Crippen LogP contribution in [0.15, 0.2) is 54.6 Å². The zero-order valence-corrected chi connectivity index (χ0v) is 10.6. The number of carbonyl (C=O) groups is 1. The normalized spacial score (nSPS) is 9.74. The molecule has 0 aliphatic heterocycles. The largest absolute Gasteiger partial charge is 0.468 e. The van der Waals surface area contributed by atoms with Crippen LogP contribution < -0.4 is 10.1 Å². The van der Waals surface area contributed by atoms with Crippen LogP contribution in [0.1, 0.15) is 0 Å². The van der Waals surface area contributed by atoms with Crippen molar-refractivity contribution < 1.29 is 14.3 Å². The van der Waals surface area contributed by atoms with Gasteiger partial charge in [-0.3, -0.25) is 4.79 Å². The average molecular weight is 257 g/mol. The van der Waals surface area contributed by atoms with Crippen molar-refractivity contribution in [1.82, 2.24) is 0 Å². The number of benzene rings is 2. The van der Waals surface area contributed by atoms with E-state index in [1.54, 1.807) is 0 Å². The van der Waals surface area contributed by atoms with E-state index in [1.165, 1.54) is 7.11 Å². The third-order valence-corrected chi connectivity index (χ3v) is 2.48. The summed E-state index contributed by atoms with van der Waals surface area (Å²) in [4.78, 5) is 11.0. The van der Waals surface area contributed by atoms with E-state index in [4.69, 9.17) is 4.74 Å². The lowest BCUT2D eigenvalue weighted by molar-refractivity contribution is -0.138. The summed E-state index contributed by atoms with van der Waals surface area (Å²) in [6.07, 6.45) is 0. The number of carbonyl (C=O) groups excluding carboxylic acids is 1. The highest BCUT2D eigenvalue weighted by molar-refractivity contribution is 5.74. The second kappa shape index (κ2) is 6.44. The van der Waals surface area contributed by atoms with Crippen molar-refractivity contribution in [2.45, 2.75) is 0 Å². The monoisotopic (exact) mass is 257 g/mol. The molecular weight excluding hydrogens is 242 g/mol. The van der Waals surface area contributed by atoms with E-state index < -0.39 is 0 Å². The van der Waals surface area contributed by atoms with Gasteiger partial charge in [-0.25, -0.2) is 0 Å². The molecular formula is C15H15NO3. The fraction of sp³-hybridized carbons (Fsp3) is 0.133. The summed E-state index contributed by atoms with van der Waals surface area (Å²) in [5.74, 6) is 1.17. The Balaban J connectivity index is 2.01. The summed E-state index contributed by atoms with van der Waals surface area (Å²) in [5, 5.41) is 2.97. The predicted molar refractivity (Wildman–Crippen MR) is 73.5 cm³/mol. The molecule has 0 unspecified atom stereocenters. The Labute approximate surface area is 112 Å². The lowest BCUT2D eigenvalue weighted by atomic mass is 10.3. The number of ether oxygens (including phenoxy) is 2. The van der Waals surface area contributed by atoms with Crippen molar-refractivity contribution in [1.29, 1.82) is 0 Å². The summed E-state index contributed by atoms with van der Waals surface area (Å²) >= 11 is 0. The summed E-state index contributed by atoms with van der Waals surface area (Å²) in [6, 6.07) is 16.9. The number of esters is 1. The first-order valence-electron chi connectivity index (χ1n) is 5.91. The maximum absolute atomic E-state index is 11.0. The van der Waals surface area contributed by atoms with Gasteiger partial charge in [0.05, 0.1) is 7.11 Å². The molecule has 0 saturated heterocycles. The van der Waals surface area contributed by atoms with E-state index in [-0.39, 0.29) is 12.5 Å². The Morgan fingerprint density at radius 3 is 2.53 bits per heavy atom. The molecule has 0 aliphatic rings. The maximum Gasteiger partial charge on any atom is 0.325 e. The molecule has 2 aromatic rings. The summed E-state index contributed by atoms with van der Waals surface area (Å²) in [7, 11) is 1.36. The smallest absolute Gasteiger partial charge is 0.325 e. The van der Waals surface area contributed by atoms with Crippen molar-refractivity contribution in [2.24, 2.45) is 0 Å². The summed E-state index contributed by atoms with van der Waals surface area (Å²) in [6.45, 7) is 0.130. The number of para-hydroxylation sites is 1. The topological polar surface area (TPSA) is 47.6 Å². The Morgan fingerprint density at radius 2 is 1.79 bits per heavy atom. The fourth-order valence-corrected chi connectivity index (χ4v) is 1.54. The Bertz CT molecular complexity index is 540. The average Bonchev–Trinajstić information content (AvgIpc) is 2.46. The Kier molecular flexibility index (Phi) is 4.39. The van der Waals surface area contributed by atoms with Gasteiger partial charge in [0.2, 0.25) is 0 Å². The van der Waals surface area contributed by atoms with Crippen molar-refractivity contribution >= 4 is 11.7 Å². The Morgan fingerprint density at radius 1 is 1.05 bits per heavy atom. The van der Waals surface area contributed by atoms with Crippen LogP contribution in [-0.2, 0) is 9.53 Å². The summed E-state index contributed by atoms with van der Waals surface area (Å²) < 4.78 is 10.3. The van der Waals surface area contributed by atoms with Crippen molar-refractivity contribution in [3.8, 4) is 11.5 Å². The van der Waals surface area contributed by atoms with Gasteiger partial charge in [0.1, 0.15) is 18.0 Å². The van der Waals surface area contributed by atoms with Gasteiger partial charge in [-0.15, -0.1) is 0 Å². The van der Waals surface area contributed by atoms with E-state index in [0.29, 0.717) is 5.75 Å². The molecule has 0 aliphatic carbocycles. The molecule has 0 amide bonds. The second-order valence-corrected chi connectivity index (χ2v) is 3.87. The molecule has 4 heteroatoms. The van der Waals surface area contributed by atoms with E-state index in [9.17, 15) is 4.79 Å². The molecule has 98 valence electrons. The highest BCUT2D eigenvalue weighted by Crippen LogP contribution is 2.23. The van der Waals surface area contributed by atoms with Gasteiger partial charge in [-0.2, -0.15) is 0 Å². The minimum atomic E-state index is -0.311. The number of hydrogen-bond donors (Lipinski definition) is 1. The zero-order valence-electron chi connectivity index (χ0n) is 10.6. The minimum Gasteiger partial charge on any atom is -0.468 e. The van der Waals surface area contributed by atoms with Crippen LogP contribution >= 0.6 is 0 Å². The molecule has 2 aromatic carbocycles. The molecule has 0 bridgehead atoms. The van der Waals surface area contributed by atoms with E-state index in [0.717, 1.165) is 11.4 Å². The number of rotatable bonds is 5. The van der Waals surface area contributed by atoms with Gasteiger partial charge in [0.15, 0.2) is 0 Å². The zero-order chi connectivity index (χ0) is 13.5. The second-order valence-electron chi connectivity index (χ2n) is 3.87. The van der Waals surface area contributed by atoms with Crippen LogP contribution in [0.5, 0.6) is 11.5 Å². The minimum absolute atomic E-state index is 0.130. The quantitative estimate of drug-likeness (QED) is 0.836. The number of methoxy groups -OCH3 is 1. The van der Waals surface area contributed by atoms with E-state index in [1.807, 2.05) is 54.6 Å². The molecule has 4 nitrogen and oxygen atoms in total. The molecule has 0 heterocycles. The highest BCUT2D eigenvalue weighted by Gasteiger charge is 2.01. The third kappa shape index (κ3) is 4.03. The van der Waals surface area contributed by atoms with Crippen LogP contribution in [0.3, 0.4) is 0 Å². The Hall–Kier alpha value is -2.49. The lowest BCUT2D eigenvalue weighted by Crippen LogP contribution is -2.14.